The van der Waals surface area contributed by atoms with E-state index in [0.29, 0.717) is 12.2 Å². The molecule has 0 bridgehead atoms. The van der Waals surface area contributed by atoms with Crippen LogP contribution in [0.15, 0.2) is 22.7 Å². The normalized spacial score (nSPS) is 10.3. The fourth-order valence-corrected chi connectivity index (χ4v) is 2.26. The van der Waals surface area contributed by atoms with Crippen LogP contribution in [0.5, 0.6) is 6.01 Å². The Morgan fingerprint density at radius 3 is 3.11 bits per heavy atom. The lowest BCUT2D eigenvalue weighted by atomic mass is 10.2. The molecule has 0 aliphatic heterocycles. The van der Waals surface area contributed by atoms with Crippen molar-refractivity contribution in [3.8, 4) is 6.01 Å². The van der Waals surface area contributed by atoms with Gasteiger partial charge in [0, 0.05) is 8.04 Å². The zero-order chi connectivity index (χ0) is 13.8. The number of benzene rings is 1. The number of hydrogen-bond acceptors (Lipinski definition) is 4. The molecule has 0 aliphatic carbocycles. The number of aromatic amines is 1. The van der Waals surface area contributed by atoms with E-state index >= 15 is 0 Å². The highest BCUT2D eigenvalue weighted by Gasteiger charge is 2.13. The van der Waals surface area contributed by atoms with Crippen LogP contribution in [0.2, 0.25) is 0 Å². The van der Waals surface area contributed by atoms with E-state index in [1.807, 2.05) is 19.1 Å². The summed E-state index contributed by atoms with van der Waals surface area (Å²) in [5.74, 6) is -0.0243. The van der Waals surface area contributed by atoms with Gasteiger partial charge in [0.2, 0.25) is 5.95 Å². The van der Waals surface area contributed by atoms with E-state index in [2.05, 4.69) is 59.0 Å². The van der Waals surface area contributed by atoms with Crippen LogP contribution in [0.25, 0.3) is 0 Å². The van der Waals surface area contributed by atoms with Crippen molar-refractivity contribution >= 4 is 50.4 Å². The van der Waals surface area contributed by atoms with Gasteiger partial charge >= 0.3 is 6.01 Å². The molecule has 0 atom stereocenters. The number of H-pyrrole nitrogens is 1. The largest absolute Gasteiger partial charge is 0.463 e. The van der Waals surface area contributed by atoms with Crippen LogP contribution in [0.1, 0.15) is 17.3 Å². The topological polar surface area (TPSA) is 79.9 Å². The molecular weight excluding hydrogens is 427 g/mol. The Hall–Kier alpha value is -1.16. The van der Waals surface area contributed by atoms with Crippen molar-refractivity contribution in [2.45, 2.75) is 6.92 Å². The predicted molar refractivity (Wildman–Crippen MR) is 82.4 cm³/mol. The van der Waals surface area contributed by atoms with Gasteiger partial charge in [-0.2, -0.15) is 4.98 Å². The van der Waals surface area contributed by atoms with E-state index in [1.54, 1.807) is 6.07 Å². The molecule has 100 valence electrons. The number of carbonyl (C=O) groups excluding carboxylic acids is 1. The van der Waals surface area contributed by atoms with Gasteiger partial charge in [0.15, 0.2) is 0 Å². The van der Waals surface area contributed by atoms with E-state index in [1.165, 1.54) is 0 Å². The minimum atomic E-state index is -0.274. The van der Waals surface area contributed by atoms with Gasteiger partial charge in [-0.1, -0.05) is 0 Å². The van der Waals surface area contributed by atoms with Crippen LogP contribution in [0.3, 0.4) is 0 Å². The minimum Gasteiger partial charge on any atom is -0.463 e. The van der Waals surface area contributed by atoms with Crippen LogP contribution < -0.4 is 10.1 Å². The maximum atomic E-state index is 12.1. The number of anilines is 1. The molecule has 0 saturated carbocycles. The van der Waals surface area contributed by atoms with Crippen LogP contribution >= 0.6 is 38.5 Å². The first-order valence-electron chi connectivity index (χ1n) is 5.41. The van der Waals surface area contributed by atoms with Crippen LogP contribution in [-0.2, 0) is 0 Å². The molecule has 6 nitrogen and oxygen atoms in total. The molecule has 19 heavy (non-hydrogen) atoms. The molecule has 0 spiro atoms. The molecule has 0 aliphatic rings. The van der Waals surface area contributed by atoms with Crippen molar-refractivity contribution in [3.63, 3.8) is 0 Å². The number of amides is 1. The molecule has 2 N–H and O–H groups in total. The highest BCUT2D eigenvalue weighted by molar-refractivity contribution is 14.1. The fraction of sp³-hybridized carbons (Fsp3) is 0.182. The van der Waals surface area contributed by atoms with Crippen molar-refractivity contribution in [1.82, 2.24) is 15.2 Å². The van der Waals surface area contributed by atoms with Gasteiger partial charge in [-0.3, -0.25) is 10.1 Å². The average molecular weight is 437 g/mol. The maximum Gasteiger partial charge on any atom is 0.337 e. The molecule has 8 heteroatoms. The predicted octanol–water partition coefficient (Wildman–Crippen LogP) is 2.82. The van der Waals surface area contributed by atoms with E-state index in [-0.39, 0.29) is 17.9 Å². The summed E-state index contributed by atoms with van der Waals surface area (Å²) in [7, 11) is 0. The number of aromatic nitrogens is 3. The molecule has 2 rings (SSSR count). The van der Waals surface area contributed by atoms with Crippen molar-refractivity contribution in [2.75, 3.05) is 11.9 Å². The molecule has 0 saturated heterocycles. The first kappa shape index (κ1) is 14.3. The van der Waals surface area contributed by atoms with Gasteiger partial charge < -0.3 is 4.74 Å². The molecule has 1 amide bonds. The third kappa shape index (κ3) is 3.66. The summed E-state index contributed by atoms with van der Waals surface area (Å²) < 4.78 is 6.79. The SMILES string of the molecule is CCOc1n[nH]c(NC(=O)c2cc(I)ccc2Br)n1. The van der Waals surface area contributed by atoms with E-state index in [4.69, 9.17) is 4.74 Å². The Bertz CT molecular complexity index is 602. The molecular formula is C11H10BrIN4O2. The van der Waals surface area contributed by atoms with Crippen molar-refractivity contribution in [2.24, 2.45) is 0 Å². The second kappa shape index (κ2) is 6.33. The quantitative estimate of drug-likeness (QED) is 0.722. The lowest BCUT2D eigenvalue weighted by Crippen LogP contribution is -2.14. The fourth-order valence-electron chi connectivity index (χ4n) is 1.34. The third-order valence-electron chi connectivity index (χ3n) is 2.14. The number of nitrogens with one attached hydrogen (secondary N) is 2. The van der Waals surface area contributed by atoms with Crippen molar-refractivity contribution in [3.05, 3.63) is 31.8 Å². The molecule has 1 aromatic carbocycles. The second-order valence-corrected chi connectivity index (χ2v) is 5.58. The van der Waals surface area contributed by atoms with Gasteiger partial charge in [-0.15, -0.1) is 5.10 Å². The van der Waals surface area contributed by atoms with Crippen molar-refractivity contribution < 1.29 is 9.53 Å². The molecule has 1 aromatic heterocycles. The van der Waals surface area contributed by atoms with E-state index in [0.717, 1.165) is 8.04 Å². The number of rotatable bonds is 4. The molecule has 0 radical (unpaired) electrons. The highest BCUT2D eigenvalue weighted by atomic mass is 127. The van der Waals surface area contributed by atoms with E-state index < -0.39 is 0 Å². The van der Waals surface area contributed by atoms with E-state index in [9.17, 15) is 4.79 Å². The summed E-state index contributed by atoms with van der Waals surface area (Å²) in [6.07, 6.45) is 0. The summed E-state index contributed by atoms with van der Waals surface area (Å²) in [4.78, 5) is 16.1. The van der Waals surface area contributed by atoms with Gasteiger partial charge in [-0.25, -0.2) is 5.10 Å². The first-order chi connectivity index (χ1) is 9.10. The Labute approximate surface area is 131 Å². The van der Waals surface area contributed by atoms with Gasteiger partial charge in [0.25, 0.3) is 5.91 Å². The lowest BCUT2D eigenvalue weighted by molar-refractivity contribution is 0.102. The summed E-state index contributed by atoms with van der Waals surface area (Å²) in [6, 6.07) is 5.71. The smallest absolute Gasteiger partial charge is 0.337 e. The third-order valence-corrected chi connectivity index (χ3v) is 3.51. The van der Waals surface area contributed by atoms with Crippen molar-refractivity contribution in [1.29, 1.82) is 0 Å². The summed E-state index contributed by atoms with van der Waals surface area (Å²) in [5, 5.41) is 9.02. The molecule has 0 fully saturated rings. The summed E-state index contributed by atoms with van der Waals surface area (Å²) in [5.41, 5.74) is 0.529. The lowest BCUT2D eigenvalue weighted by Gasteiger charge is -2.04. The molecule has 1 heterocycles. The summed E-state index contributed by atoms with van der Waals surface area (Å²) in [6.45, 7) is 2.30. The number of halogens is 2. The Kier molecular flexibility index (Phi) is 4.75. The average Bonchev–Trinajstić information content (AvgIpc) is 2.80. The zero-order valence-corrected chi connectivity index (χ0v) is 13.6. The minimum absolute atomic E-state index is 0.208. The summed E-state index contributed by atoms with van der Waals surface area (Å²) >= 11 is 5.48. The Morgan fingerprint density at radius 2 is 2.37 bits per heavy atom. The number of ether oxygens (including phenoxy) is 1. The zero-order valence-electron chi connectivity index (χ0n) is 9.91. The maximum absolute atomic E-state index is 12.1. The highest BCUT2D eigenvalue weighted by Crippen LogP contribution is 2.20. The number of nitrogens with zero attached hydrogens (tertiary/aromatic N) is 2. The van der Waals surface area contributed by atoms with Crippen LogP contribution in [0.4, 0.5) is 5.95 Å². The molecule has 2 aromatic rings. The number of carbonyl (C=O) groups is 1. The van der Waals surface area contributed by atoms with Gasteiger partial charge in [0.05, 0.1) is 12.2 Å². The second-order valence-electron chi connectivity index (χ2n) is 3.48. The number of hydrogen-bond donors (Lipinski definition) is 2. The first-order valence-corrected chi connectivity index (χ1v) is 7.29. The van der Waals surface area contributed by atoms with Crippen LogP contribution in [-0.4, -0.2) is 27.7 Å². The Morgan fingerprint density at radius 1 is 1.58 bits per heavy atom. The standard InChI is InChI=1S/C11H10BrIN4O2/c1-2-19-11-15-10(16-17-11)14-9(18)7-5-6(13)3-4-8(7)12/h3-5H,2H2,1H3,(H2,14,15,16,17,18). The van der Waals surface area contributed by atoms with Crippen LogP contribution in [0, 0.1) is 3.57 Å². The van der Waals surface area contributed by atoms with Gasteiger partial charge in [-0.05, 0) is 63.6 Å². The monoisotopic (exact) mass is 436 g/mol. The Balaban J connectivity index is 2.13. The molecule has 0 unspecified atom stereocenters. The van der Waals surface area contributed by atoms with Gasteiger partial charge in [0.1, 0.15) is 0 Å².